The van der Waals surface area contributed by atoms with Crippen LogP contribution in [-0.4, -0.2) is 25.3 Å². The van der Waals surface area contributed by atoms with Gasteiger partial charge in [0.1, 0.15) is 0 Å². The van der Waals surface area contributed by atoms with Gasteiger partial charge >= 0.3 is 0 Å². The first-order valence-corrected chi connectivity index (χ1v) is 6.28. The lowest BCUT2D eigenvalue weighted by Gasteiger charge is -2.20. The normalized spacial score (nSPS) is 32.8. The molecule has 1 heterocycles. The molecule has 1 aliphatic heterocycles. The molecule has 0 spiro atoms. The van der Waals surface area contributed by atoms with Gasteiger partial charge in [-0.2, -0.15) is 0 Å². The SMILES string of the molecule is C1CO[C@H](CNC(C2CC2)C2CC2)C1. The van der Waals surface area contributed by atoms with E-state index in [0.717, 1.165) is 31.0 Å². The molecule has 0 amide bonds. The first kappa shape index (κ1) is 9.17. The summed E-state index contributed by atoms with van der Waals surface area (Å²) in [5.74, 6) is 2.04. The average Bonchev–Trinajstić information content (AvgIpc) is 3.09. The molecule has 2 nitrogen and oxygen atoms in total. The smallest absolute Gasteiger partial charge is 0.0700 e. The third kappa shape index (κ3) is 2.12. The summed E-state index contributed by atoms with van der Waals surface area (Å²) in [6.07, 6.45) is 8.95. The summed E-state index contributed by atoms with van der Waals surface area (Å²) >= 11 is 0. The van der Waals surface area contributed by atoms with Crippen LogP contribution in [0.25, 0.3) is 0 Å². The largest absolute Gasteiger partial charge is 0.377 e. The average molecular weight is 195 g/mol. The van der Waals surface area contributed by atoms with Crippen molar-refractivity contribution in [3.8, 4) is 0 Å². The second kappa shape index (κ2) is 3.82. The molecule has 3 fully saturated rings. The number of ether oxygens (including phenoxy) is 1. The van der Waals surface area contributed by atoms with Gasteiger partial charge in [-0.3, -0.25) is 0 Å². The molecular formula is C12H21NO. The van der Waals surface area contributed by atoms with Crippen molar-refractivity contribution in [2.75, 3.05) is 13.2 Å². The highest BCUT2D eigenvalue weighted by atomic mass is 16.5. The lowest BCUT2D eigenvalue weighted by molar-refractivity contribution is 0.105. The van der Waals surface area contributed by atoms with E-state index in [1.54, 1.807) is 0 Å². The van der Waals surface area contributed by atoms with Crippen molar-refractivity contribution in [3.63, 3.8) is 0 Å². The van der Waals surface area contributed by atoms with E-state index in [1.807, 2.05) is 0 Å². The molecule has 0 aromatic heterocycles. The van der Waals surface area contributed by atoms with Crippen molar-refractivity contribution >= 4 is 0 Å². The van der Waals surface area contributed by atoms with E-state index in [4.69, 9.17) is 4.74 Å². The van der Waals surface area contributed by atoms with E-state index in [2.05, 4.69) is 5.32 Å². The predicted molar refractivity (Wildman–Crippen MR) is 56.2 cm³/mol. The van der Waals surface area contributed by atoms with Gasteiger partial charge in [-0.05, 0) is 50.4 Å². The third-order valence-corrected chi connectivity index (χ3v) is 3.86. The topological polar surface area (TPSA) is 21.3 Å². The zero-order valence-electron chi connectivity index (χ0n) is 8.87. The van der Waals surface area contributed by atoms with Crippen molar-refractivity contribution in [1.82, 2.24) is 5.32 Å². The minimum absolute atomic E-state index is 0.523. The predicted octanol–water partition coefficient (Wildman–Crippen LogP) is 1.94. The van der Waals surface area contributed by atoms with Gasteiger partial charge < -0.3 is 10.1 Å². The fraction of sp³-hybridized carbons (Fsp3) is 1.00. The molecule has 80 valence electrons. The Morgan fingerprint density at radius 2 is 1.79 bits per heavy atom. The summed E-state index contributed by atoms with van der Waals surface area (Å²) < 4.78 is 5.64. The summed E-state index contributed by atoms with van der Waals surface area (Å²) in [7, 11) is 0. The maximum absolute atomic E-state index is 5.64. The van der Waals surface area contributed by atoms with Gasteiger partial charge in [0.15, 0.2) is 0 Å². The quantitative estimate of drug-likeness (QED) is 0.724. The lowest BCUT2D eigenvalue weighted by atomic mass is 10.1. The van der Waals surface area contributed by atoms with E-state index >= 15 is 0 Å². The fourth-order valence-electron chi connectivity index (χ4n) is 2.70. The lowest BCUT2D eigenvalue weighted by Crippen LogP contribution is -2.38. The summed E-state index contributed by atoms with van der Waals surface area (Å²) in [5, 5.41) is 3.76. The highest BCUT2D eigenvalue weighted by Gasteiger charge is 2.41. The minimum atomic E-state index is 0.523. The van der Waals surface area contributed by atoms with Crippen LogP contribution < -0.4 is 5.32 Å². The van der Waals surface area contributed by atoms with Crippen molar-refractivity contribution in [2.45, 2.75) is 50.7 Å². The first-order chi connectivity index (χ1) is 6.93. The van der Waals surface area contributed by atoms with E-state index < -0.39 is 0 Å². The van der Waals surface area contributed by atoms with Crippen LogP contribution in [0.1, 0.15) is 38.5 Å². The maximum Gasteiger partial charge on any atom is 0.0700 e. The van der Waals surface area contributed by atoms with Gasteiger partial charge in [-0.1, -0.05) is 0 Å². The Labute approximate surface area is 86.4 Å². The number of hydrogen-bond donors (Lipinski definition) is 1. The zero-order valence-corrected chi connectivity index (χ0v) is 8.87. The van der Waals surface area contributed by atoms with E-state index in [-0.39, 0.29) is 0 Å². The molecule has 2 aliphatic carbocycles. The molecule has 0 bridgehead atoms. The summed E-state index contributed by atoms with van der Waals surface area (Å²) in [6, 6.07) is 0.846. The van der Waals surface area contributed by atoms with E-state index in [0.29, 0.717) is 6.10 Å². The molecule has 3 aliphatic rings. The Balaban J connectivity index is 1.44. The fourth-order valence-corrected chi connectivity index (χ4v) is 2.70. The van der Waals surface area contributed by atoms with Gasteiger partial charge in [0.05, 0.1) is 6.10 Å². The highest BCUT2D eigenvalue weighted by molar-refractivity contribution is 4.96. The van der Waals surface area contributed by atoms with Crippen molar-refractivity contribution < 1.29 is 4.74 Å². The van der Waals surface area contributed by atoms with Crippen molar-refractivity contribution in [1.29, 1.82) is 0 Å². The number of hydrogen-bond acceptors (Lipinski definition) is 2. The van der Waals surface area contributed by atoms with Gasteiger partial charge in [0.25, 0.3) is 0 Å². The zero-order chi connectivity index (χ0) is 9.38. The van der Waals surface area contributed by atoms with E-state index in [1.165, 1.54) is 38.5 Å². The molecule has 0 aromatic rings. The summed E-state index contributed by atoms with van der Waals surface area (Å²) in [4.78, 5) is 0. The van der Waals surface area contributed by atoms with Crippen LogP contribution in [-0.2, 0) is 4.74 Å². The Morgan fingerprint density at radius 3 is 2.29 bits per heavy atom. The summed E-state index contributed by atoms with van der Waals surface area (Å²) in [6.45, 7) is 2.10. The Bertz CT molecular complexity index is 180. The molecule has 0 radical (unpaired) electrons. The second-order valence-corrected chi connectivity index (χ2v) is 5.24. The molecule has 0 unspecified atom stereocenters. The monoisotopic (exact) mass is 195 g/mol. The van der Waals surface area contributed by atoms with Crippen LogP contribution >= 0.6 is 0 Å². The Morgan fingerprint density at radius 1 is 1.07 bits per heavy atom. The molecule has 1 N–H and O–H groups in total. The molecule has 1 saturated heterocycles. The molecule has 14 heavy (non-hydrogen) atoms. The molecule has 1 atom stereocenters. The molecule has 3 rings (SSSR count). The van der Waals surface area contributed by atoms with Gasteiger partial charge in [0, 0.05) is 19.2 Å². The van der Waals surface area contributed by atoms with Gasteiger partial charge in [-0.25, -0.2) is 0 Å². The Hall–Kier alpha value is -0.0800. The van der Waals surface area contributed by atoms with Crippen LogP contribution in [0.15, 0.2) is 0 Å². The van der Waals surface area contributed by atoms with Crippen molar-refractivity contribution in [2.24, 2.45) is 11.8 Å². The molecular weight excluding hydrogens is 174 g/mol. The number of rotatable bonds is 5. The van der Waals surface area contributed by atoms with E-state index in [9.17, 15) is 0 Å². The van der Waals surface area contributed by atoms with Crippen LogP contribution in [0.5, 0.6) is 0 Å². The molecule has 2 heteroatoms. The van der Waals surface area contributed by atoms with Crippen LogP contribution in [0.3, 0.4) is 0 Å². The second-order valence-electron chi connectivity index (χ2n) is 5.24. The summed E-state index contributed by atoms with van der Waals surface area (Å²) in [5.41, 5.74) is 0. The maximum atomic E-state index is 5.64. The van der Waals surface area contributed by atoms with Gasteiger partial charge in [0.2, 0.25) is 0 Å². The molecule has 0 aromatic carbocycles. The standard InChI is InChI=1S/C12H21NO/c1-2-11(14-7-1)8-13-12(9-3-4-9)10-5-6-10/h9-13H,1-8H2/t11-/m0/s1. The first-order valence-electron chi connectivity index (χ1n) is 6.28. The van der Waals surface area contributed by atoms with Crippen LogP contribution in [0.4, 0.5) is 0 Å². The van der Waals surface area contributed by atoms with Gasteiger partial charge in [-0.15, -0.1) is 0 Å². The third-order valence-electron chi connectivity index (χ3n) is 3.86. The minimum Gasteiger partial charge on any atom is -0.377 e. The highest BCUT2D eigenvalue weighted by Crippen LogP contribution is 2.44. The Kier molecular flexibility index (Phi) is 2.50. The van der Waals surface area contributed by atoms with Crippen molar-refractivity contribution in [3.05, 3.63) is 0 Å². The van der Waals surface area contributed by atoms with Crippen LogP contribution in [0.2, 0.25) is 0 Å². The number of nitrogens with one attached hydrogen (secondary N) is 1. The molecule has 2 saturated carbocycles. The van der Waals surface area contributed by atoms with Crippen LogP contribution in [0, 0.1) is 11.8 Å².